The molecule has 0 aliphatic rings. The number of amides is 1. The topological polar surface area (TPSA) is 64.1 Å². The first kappa shape index (κ1) is 18.9. The number of aryl methyl sites for hydroxylation is 3. The molecule has 0 spiro atoms. The molecule has 27 heavy (non-hydrogen) atoms. The number of aromatic nitrogens is 2. The molecule has 6 heteroatoms. The quantitative estimate of drug-likeness (QED) is 0.644. The van der Waals surface area contributed by atoms with Gasteiger partial charge in [-0.25, -0.2) is 9.97 Å². The van der Waals surface area contributed by atoms with Crippen LogP contribution in [0.15, 0.2) is 54.6 Å². The van der Waals surface area contributed by atoms with Crippen LogP contribution in [0.1, 0.15) is 23.4 Å². The van der Waals surface area contributed by atoms with Crippen molar-refractivity contribution >= 4 is 23.2 Å². The van der Waals surface area contributed by atoms with Gasteiger partial charge in [0.2, 0.25) is 5.91 Å². The Hall–Kier alpha value is -2.92. The number of halogens is 1. The third-order valence-corrected chi connectivity index (χ3v) is 4.11. The monoisotopic (exact) mass is 381 g/mol. The van der Waals surface area contributed by atoms with Gasteiger partial charge in [0.1, 0.15) is 5.75 Å². The van der Waals surface area contributed by atoms with Crippen molar-refractivity contribution in [2.45, 2.75) is 26.7 Å². The van der Waals surface area contributed by atoms with E-state index >= 15 is 0 Å². The van der Waals surface area contributed by atoms with Crippen LogP contribution < -0.4 is 10.1 Å². The number of carbonyl (C=O) groups is 1. The summed E-state index contributed by atoms with van der Waals surface area (Å²) >= 11 is 5.86. The molecule has 3 aromatic rings. The van der Waals surface area contributed by atoms with E-state index in [1.165, 1.54) is 0 Å². The Morgan fingerprint density at radius 2 is 1.63 bits per heavy atom. The van der Waals surface area contributed by atoms with Gasteiger partial charge in [0.15, 0.2) is 0 Å². The molecule has 138 valence electrons. The normalized spacial score (nSPS) is 10.5. The van der Waals surface area contributed by atoms with Crippen molar-refractivity contribution in [2.24, 2.45) is 0 Å². The smallest absolute Gasteiger partial charge is 0.322 e. The first-order chi connectivity index (χ1) is 13.0. The van der Waals surface area contributed by atoms with Gasteiger partial charge in [-0.05, 0) is 68.3 Å². The average Bonchev–Trinajstić information content (AvgIpc) is 2.62. The molecule has 1 aromatic heterocycles. The van der Waals surface area contributed by atoms with Crippen molar-refractivity contribution < 1.29 is 9.53 Å². The van der Waals surface area contributed by atoms with Crippen LogP contribution >= 0.6 is 11.6 Å². The van der Waals surface area contributed by atoms with Gasteiger partial charge in [-0.1, -0.05) is 23.7 Å². The number of nitrogens with zero attached hydrogens (tertiary/aromatic N) is 2. The van der Waals surface area contributed by atoms with E-state index in [-0.39, 0.29) is 5.91 Å². The highest BCUT2D eigenvalue weighted by atomic mass is 35.5. The van der Waals surface area contributed by atoms with Crippen LogP contribution in [0.2, 0.25) is 5.02 Å². The first-order valence-electron chi connectivity index (χ1n) is 8.62. The molecule has 3 rings (SSSR count). The maximum atomic E-state index is 12.1. The lowest BCUT2D eigenvalue weighted by Gasteiger charge is -2.08. The largest absolute Gasteiger partial charge is 0.424 e. The molecule has 0 unspecified atom stereocenters. The van der Waals surface area contributed by atoms with E-state index in [1.54, 1.807) is 24.3 Å². The van der Waals surface area contributed by atoms with Crippen LogP contribution in [0.3, 0.4) is 0 Å². The van der Waals surface area contributed by atoms with Gasteiger partial charge in [0.25, 0.3) is 0 Å². The Morgan fingerprint density at radius 1 is 1.00 bits per heavy atom. The third-order valence-electron chi connectivity index (χ3n) is 3.86. The zero-order chi connectivity index (χ0) is 19.2. The summed E-state index contributed by atoms with van der Waals surface area (Å²) in [5.41, 5.74) is 3.49. The predicted molar refractivity (Wildman–Crippen MR) is 106 cm³/mol. The van der Waals surface area contributed by atoms with Crippen LogP contribution in [0, 0.1) is 13.8 Å². The molecule has 0 aliphatic heterocycles. The number of hydrogen-bond donors (Lipinski definition) is 1. The second-order valence-electron chi connectivity index (χ2n) is 6.23. The van der Waals surface area contributed by atoms with E-state index in [0.717, 1.165) is 17.0 Å². The number of benzene rings is 2. The highest BCUT2D eigenvalue weighted by Gasteiger charge is 2.06. The lowest BCUT2D eigenvalue weighted by Crippen LogP contribution is -2.12. The summed E-state index contributed by atoms with van der Waals surface area (Å²) in [4.78, 5) is 20.6. The number of nitrogens with one attached hydrogen (secondary N) is 1. The molecule has 1 N–H and O–H groups in total. The van der Waals surface area contributed by atoms with Crippen LogP contribution in [-0.2, 0) is 11.2 Å². The lowest BCUT2D eigenvalue weighted by molar-refractivity contribution is -0.116. The van der Waals surface area contributed by atoms with Crippen molar-refractivity contribution in [2.75, 3.05) is 5.32 Å². The summed E-state index contributed by atoms with van der Waals surface area (Å²) in [6.07, 6.45) is 1.06. The van der Waals surface area contributed by atoms with E-state index in [9.17, 15) is 4.79 Å². The highest BCUT2D eigenvalue weighted by Crippen LogP contribution is 2.21. The summed E-state index contributed by atoms with van der Waals surface area (Å²) in [5.74, 6) is 0.565. The van der Waals surface area contributed by atoms with Gasteiger partial charge in [-0.2, -0.15) is 0 Å². The average molecular weight is 382 g/mol. The van der Waals surface area contributed by atoms with Gasteiger partial charge in [0, 0.05) is 28.5 Å². The van der Waals surface area contributed by atoms with Gasteiger partial charge in [0.05, 0.1) is 0 Å². The molecule has 0 radical (unpaired) electrons. The Labute approximate surface area is 163 Å². The minimum Gasteiger partial charge on any atom is -0.424 e. The molecular weight excluding hydrogens is 362 g/mol. The van der Waals surface area contributed by atoms with E-state index in [0.29, 0.717) is 35.3 Å². The van der Waals surface area contributed by atoms with Crippen LogP contribution in [0.5, 0.6) is 11.8 Å². The first-order valence-corrected chi connectivity index (χ1v) is 9.00. The standard InChI is InChI=1S/C21H20ClN3O2/c1-14-13-15(2)24-21(23-14)27-19-10-8-18(9-11-19)25-20(26)12-5-16-3-6-17(22)7-4-16/h3-4,6-11,13H,5,12H2,1-2H3,(H,25,26). The molecule has 0 saturated carbocycles. The predicted octanol–water partition coefficient (Wildman–Crippen LogP) is 5.11. The van der Waals surface area contributed by atoms with Gasteiger partial charge < -0.3 is 10.1 Å². The molecule has 0 fully saturated rings. The second-order valence-corrected chi connectivity index (χ2v) is 6.67. The number of ether oxygens (including phenoxy) is 1. The summed E-state index contributed by atoms with van der Waals surface area (Å²) in [5, 5.41) is 3.57. The van der Waals surface area contributed by atoms with Crippen LogP contribution in [0.25, 0.3) is 0 Å². The fraction of sp³-hybridized carbons (Fsp3) is 0.190. The molecule has 0 saturated heterocycles. The van der Waals surface area contributed by atoms with Gasteiger partial charge in [-0.3, -0.25) is 4.79 Å². The molecular formula is C21H20ClN3O2. The zero-order valence-electron chi connectivity index (χ0n) is 15.2. The number of carbonyl (C=O) groups excluding carboxylic acids is 1. The van der Waals surface area contributed by atoms with E-state index in [1.807, 2.05) is 44.2 Å². The third kappa shape index (κ3) is 5.79. The molecule has 1 amide bonds. The lowest BCUT2D eigenvalue weighted by atomic mass is 10.1. The summed E-state index contributed by atoms with van der Waals surface area (Å²) < 4.78 is 5.67. The fourth-order valence-electron chi connectivity index (χ4n) is 2.58. The van der Waals surface area contributed by atoms with Crippen molar-refractivity contribution in [3.63, 3.8) is 0 Å². The molecule has 2 aromatic carbocycles. The SMILES string of the molecule is Cc1cc(C)nc(Oc2ccc(NC(=O)CCc3ccc(Cl)cc3)cc2)n1. The zero-order valence-corrected chi connectivity index (χ0v) is 16.0. The number of anilines is 1. The molecule has 5 nitrogen and oxygen atoms in total. The minimum atomic E-state index is -0.0451. The number of rotatable bonds is 6. The van der Waals surface area contributed by atoms with Crippen LogP contribution in [-0.4, -0.2) is 15.9 Å². The molecule has 0 aliphatic carbocycles. The fourth-order valence-corrected chi connectivity index (χ4v) is 2.71. The maximum Gasteiger partial charge on any atom is 0.322 e. The summed E-state index contributed by atoms with van der Waals surface area (Å²) in [6.45, 7) is 3.79. The Kier molecular flexibility index (Phi) is 6.04. The number of hydrogen-bond acceptors (Lipinski definition) is 4. The molecule has 0 atom stereocenters. The minimum absolute atomic E-state index is 0.0451. The Morgan fingerprint density at radius 3 is 2.26 bits per heavy atom. The van der Waals surface area contributed by atoms with E-state index < -0.39 is 0 Å². The Bertz CT molecular complexity index is 905. The second kappa shape index (κ2) is 8.64. The summed E-state index contributed by atoms with van der Waals surface area (Å²) in [6, 6.07) is 16.8. The van der Waals surface area contributed by atoms with E-state index in [4.69, 9.17) is 16.3 Å². The van der Waals surface area contributed by atoms with Gasteiger partial charge >= 0.3 is 6.01 Å². The van der Waals surface area contributed by atoms with Crippen molar-refractivity contribution in [3.05, 3.63) is 76.6 Å². The van der Waals surface area contributed by atoms with Crippen molar-refractivity contribution in [1.29, 1.82) is 0 Å². The molecule has 0 bridgehead atoms. The Balaban J connectivity index is 1.53. The van der Waals surface area contributed by atoms with Crippen molar-refractivity contribution in [1.82, 2.24) is 9.97 Å². The maximum absolute atomic E-state index is 12.1. The van der Waals surface area contributed by atoms with Gasteiger partial charge in [-0.15, -0.1) is 0 Å². The van der Waals surface area contributed by atoms with E-state index in [2.05, 4.69) is 15.3 Å². The summed E-state index contributed by atoms with van der Waals surface area (Å²) in [7, 11) is 0. The molecule has 1 heterocycles. The highest BCUT2D eigenvalue weighted by molar-refractivity contribution is 6.30. The van der Waals surface area contributed by atoms with Crippen molar-refractivity contribution in [3.8, 4) is 11.8 Å². The van der Waals surface area contributed by atoms with Crippen LogP contribution in [0.4, 0.5) is 5.69 Å².